The van der Waals surface area contributed by atoms with Crippen molar-refractivity contribution in [2.45, 2.75) is 102 Å². The third kappa shape index (κ3) is 10.0. The first kappa shape index (κ1) is 47.2. The summed E-state index contributed by atoms with van der Waals surface area (Å²) >= 11 is 5.54. The van der Waals surface area contributed by atoms with Crippen LogP contribution in [0.4, 0.5) is 4.79 Å². The number of carbonyl (C=O) groups excluding carboxylic acids is 3. The average molecular weight is 915 g/mol. The quantitative estimate of drug-likeness (QED) is 0.0973. The van der Waals surface area contributed by atoms with Gasteiger partial charge in [-0.15, -0.1) is 9.45 Å². The molecule has 3 aromatic rings. The Labute approximate surface area is 379 Å². The number of Topliss-reactive ketones (excluding diaryl/α,β-unsaturated/α-hetero) is 2. The number of amides is 1. The van der Waals surface area contributed by atoms with Gasteiger partial charge in [0.2, 0.25) is 0 Å². The highest BCUT2D eigenvalue weighted by Crippen LogP contribution is 2.44. The molecule has 2 aromatic heterocycles. The Morgan fingerprint density at radius 3 is 2.67 bits per heavy atom. The van der Waals surface area contributed by atoms with Gasteiger partial charge in [-0.3, -0.25) is 19.9 Å². The predicted octanol–water partition coefficient (Wildman–Crippen LogP) is 4.42. The van der Waals surface area contributed by atoms with Crippen molar-refractivity contribution in [1.29, 1.82) is 0 Å². The van der Waals surface area contributed by atoms with E-state index in [0.29, 0.717) is 23.3 Å². The fourth-order valence-electron chi connectivity index (χ4n) is 8.74. The van der Waals surface area contributed by atoms with Gasteiger partial charge in [0.05, 0.1) is 60.6 Å². The molecule has 0 spiro atoms. The van der Waals surface area contributed by atoms with Gasteiger partial charge >= 0.3 is 6.09 Å². The molecule has 2 aliphatic heterocycles. The molecule has 7 rings (SSSR count). The Morgan fingerprint density at radius 2 is 1.94 bits per heavy atom. The molecular weight excluding hydrogens is 861 g/mol. The number of aromatic hydroxyl groups is 1. The number of alkyl carbamates (subject to hydrolysis) is 1. The number of rotatable bonds is 12. The largest absolute Gasteiger partial charge is 0.508 e. The number of allylic oxidation sites excluding steroid dienone is 3. The lowest BCUT2D eigenvalue weighted by molar-refractivity contribution is -0.317. The predicted molar refractivity (Wildman–Crippen MR) is 244 cm³/mol. The van der Waals surface area contributed by atoms with Crippen LogP contribution in [0, 0.1) is 35.0 Å². The summed E-state index contributed by atoms with van der Waals surface area (Å²) in [5.74, 6) is 10.7. The number of ketones is 2. The summed E-state index contributed by atoms with van der Waals surface area (Å²) in [6.45, 7) is 7.96. The Morgan fingerprint density at radius 1 is 1.16 bits per heavy atom. The second-order valence-corrected chi connectivity index (χ2v) is 20.0. The number of hydrogen-bond donors (Lipinski definition) is 5. The second-order valence-electron chi connectivity index (χ2n) is 16.8. The number of pyridine rings is 1. The van der Waals surface area contributed by atoms with Crippen LogP contribution in [-0.4, -0.2) is 126 Å². The molecule has 17 heteroatoms. The van der Waals surface area contributed by atoms with E-state index in [-0.39, 0.29) is 66.1 Å². The maximum absolute atomic E-state index is 15.1. The lowest BCUT2D eigenvalue weighted by atomic mass is 9.72. The molecule has 1 amide bonds. The van der Waals surface area contributed by atoms with E-state index in [2.05, 4.69) is 44.3 Å². The lowest BCUT2D eigenvalue weighted by Gasteiger charge is -2.47. The van der Waals surface area contributed by atoms with Crippen molar-refractivity contribution >= 4 is 60.1 Å². The van der Waals surface area contributed by atoms with Gasteiger partial charge in [0.15, 0.2) is 24.1 Å². The number of H-pyrrole nitrogens is 1. The number of ether oxygens (including phenoxy) is 6. The molecule has 4 heterocycles. The van der Waals surface area contributed by atoms with Gasteiger partial charge in [0.1, 0.15) is 23.7 Å². The molecule has 1 aromatic carbocycles. The summed E-state index contributed by atoms with van der Waals surface area (Å²) in [4.78, 5) is 49.5. The van der Waals surface area contributed by atoms with Gasteiger partial charge in [-0.05, 0) is 68.5 Å². The summed E-state index contributed by atoms with van der Waals surface area (Å²) in [5, 5.41) is 29.5. The van der Waals surface area contributed by atoms with E-state index < -0.39 is 69.7 Å². The highest BCUT2D eigenvalue weighted by atomic mass is 32.8. The topological polar surface area (TPSA) is 200 Å². The fraction of sp³-hybridized carbons (Fsp3) is 0.489. The third-order valence-electron chi connectivity index (χ3n) is 12.1. The monoisotopic (exact) mass is 914 g/mol. The Hall–Kier alpha value is -4.79. The molecular formula is C47H54N4O11S2. The molecule has 15 nitrogen and oxygen atoms in total. The minimum Gasteiger partial charge on any atom is -0.508 e. The highest BCUT2D eigenvalue weighted by molar-refractivity contribution is 8.28. The zero-order valence-electron chi connectivity index (χ0n) is 36.8. The van der Waals surface area contributed by atoms with Crippen LogP contribution in [0.5, 0.6) is 5.75 Å². The molecule has 0 saturated carbocycles. The molecule has 0 bridgehead atoms. The third-order valence-corrected chi connectivity index (χ3v) is 13.2. The van der Waals surface area contributed by atoms with Crippen LogP contribution < -0.4 is 10.6 Å². The minimum absolute atomic E-state index is 0.0721. The van der Waals surface area contributed by atoms with E-state index in [1.165, 1.54) is 19.3 Å². The Balaban J connectivity index is 1.31. The van der Waals surface area contributed by atoms with Crippen molar-refractivity contribution in [1.82, 2.24) is 20.6 Å². The average Bonchev–Trinajstić information content (AvgIpc) is 3.63. The van der Waals surface area contributed by atoms with Crippen molar-refractivity contribution in [2.24, 2.45) is 11.3 Å². The molecule has 0 radical (unpaired) electrons. The van der Waals surface area contributed by atoms with Crippen molar-refractivity contribution in [3.8, 4) is 29.4 Å². The summed E-state index contributed by atoms with van der Waals surface area (Å²) in [7, 11) is 2.29. The van der Waals surface area contributed by atoms with Crippen LogP contribution in [-0.2, 0) is 53.9 Å². The molecule has 2 aliphatic carbocycles. The molecule has 9 unspecified atom stereocenters. The van der Waals surface area contributed by atoms with Gasteiger partial charge in [-0.1, -0.05) is 54.8 Å². The number of phenols is 1. The summed E-state index contributed by atoms with van der Waals surface area (Å²) in [5.41, 5.74) is 0.565. The number of aromatic nitrogens is 2. The van der Waals surface area contributed by atoms with Crippen molar-refractivity contribution < 1.29 is 53.0 Å². The van der Waals surface area contributed by atoms with Gasteiger partial charge in [-0.2, -0.15) is 0 Å². The number of hydrogen-bond acceptors (Lipinski definition) is 14. The summed E-state index contributed by atoms with van der Waals surface area (Å²) in [6.07, 6.45) is 0.876. The maximum Gasteiger partial charge on any atom is 0.411 e. The second kappa shape index (κ2) is 20.2. The van der Waals surface area contributed by atoms with Gasteiger partial charge in [-0.25, -0.2) is 4.79 Å². The van der Waals surface area contributed by atoms with Gasteiger partial charge < -0.3 is 48.9 Å². The number of nitrogens with zero attached hydrogens (tertiary/aromatic N) is 1. The number of methoxy groups -OCH3 is 2. The Kier molecular flexibility index (Phi) is 14.9. The number of fused-ring (bicyclic) bond motifs is 4. The number of aliphatic hydroxyl groups is 1. The Bertz CT molecular complexity index is 2550. The first-order valence-corrected chi connectivity index (χ1v) is 23.8. The maximum atomic E-state index is 15.1. The fourth-order valence-corrected chi connectivity index (χ4v) is 9.37. The summed E-state index contributed by atoms with van der Waals surface area (Å²) in [6, 6.07) is 6.81. The zero-order valence-corrected chi connectivity index (χ0v) is 38.4. The van der Waals surface area contributed by atoms with Crippen molar-refractivity contribution in [2.75, 3.05) is 32.8 Å². The SMILES string of the molecule is COC(=O)NC1=C2C#C/C=C\C#C[C@H](OC3OC(C)C(C)(C(=O)c4nccc5c4[nH]c4ccc(O)cc45)CC3OC3CC(OC)C(NC(C)C)CO3)C2/C(=C\CS(C)=S)[C@@H](O)CC1=O. The lowest BCUT2D eigenvalue weighted by Crippen LogP contribution is -2.58. The van der Waals surface area contributed by atoms with Crippen molar-refractivity contribution in [3.63, 3.8) is 0 Å². The van der Waals surface area contributed by atoms with E-state index in [4.69, 9.17) is 39.6 Å². The molecule has 64 heavy (non-hydrogen) atoms. The number of carbonyl (C=O) groups is 3. The van der Waals surface area contributed by atoms with E-state index >= 15 is 4.79 Å². The van der Waals surface area contributed by atoms with Crippen LogP contribution in [0.1, 0.15) is 57.4 Å². The summed E-state index contributed by atoms with van der Waals surface area (Å²) < 4.78 is 37.7. The number of aliphatic hydroxyl groups excluding tert-OH is 1. The molecule has 2 fully saturated rings. The minimum atomic E-state index is -1.32. The number of phenolic OH excluding ortho intramolecular Hbond substituents is 1. The first-order valence-electron chi connectivity index (χ1n) is 21.1. The standard InChI is InChI=1S/C47H54N4O11S2/c1-25(2)49-33-24-59-39(22-37(33)57-5)61-38-23-47(4,44(55)43-42-28(16-18-48-43)31-20-27(52)14-15-32(31)50-42)26(3)60-45(38)62-36-13-11-9-8-10-12-30-40(36)29(17-19-64(7)63)34(53)21-35(54)41(30)51-46(56)58-6/h8-9,14-18,20,25-26,33-34,36-40,45,49-50,52-53H,19,21-24H2,1-7H3,(H,51,56)/b9-8-,29-17-/t26?,33?,34-,36-,37?,38?,39?,40?,45?,47?,64?/m0/s1. The number of nitrogens with one attached hydrogen (secondary N) is 3. The smallest absolute Gasteiger partial charge is 0.411 e. The van der Waals surface area contributed by atoms with E-state index in [9.17, 15) is 19.8 Å². The van der Waals surface area contributed by atoms with Crippen LogP contribution in [0.15, 0.2) is 65.5 Å². The molecule has 11 atom stereocenters. The van der Waals surface area contributed by atoms with Gasteiger partial charge in [0.25, 0.3) is 0 Å². The zero-order chi connectivity index (χ0) is 45.9. The first-order chi connectivity index (χ1) is 30.6. The van der Waals surface area contributed by atoms with Crippen LogP contribution in [0.2, 0.25) is 0 Å². The highest BCUT2D eigenvalue weighted by Gasteiger charge is 2.53. The van der Waals surface area contributed by atoms with Crippen LogP contribution in [0.3, 0.4) is 0 Å². The van der Waals surface area contributed by atoms with E-state index in [0.717, 1.165) is 16.3 Å². The molecule has 2 saturated heterocycles. The molecule has 4 aliphatic rings. The normalized spacial score (nSPS) is 31.1. The molecule has 5 N–H and O–H groups in total. The number of aromatic amines is 1. The van der Waals surface area contributed by atoms with E-state index in [1.807, 2.05) is 20.1 Å². The van der Waals surface area contributed by atoms with Crippen LogP contribution in [0.25, 0.3) is 21.8 Å². The van der Waals surface area contributed by atoms with Crippen LogP contribution >= 0.6 is 0 Å². The van der Waals surface area contributed by atoms with E-state index in [1.54, 1.807) is 57.5 Å². The number of benzene rings is 1. The van der Waals surface area contributed by atoms with Crippen molar-refractivity contribution in [3.05, 3.63) is 71.2 Å². The van der Waals surface area contributed by atoms with Gasteiger partial charge in [0, 0.05) is 59.8 Å². The molecule has 340 valence electrons.